The summed E-state index contributed by atoms with van der Waals surface area (Å²) in [6.07, 6.45) is 0. The Hall–Kier alpha value is -6.94. The predicted molar refractivity (Wildman–Crippen MR) is 233 cm³/mol. The molecule has 2 aliphatic carbocycles. The van der Waals surface area contributed by atoms with Crippen molar-refractivity contribution in [1.29, 1.82) is 0 Å². The summed E-state index contributed by atoms with van der Waals surface area (Å²) < 4.78 is 1.33. The summed E-state index contributed by atoms with van der Waals surface area (Å²) in [7, 11) is 0. The molecule has 0 amide bonds. The number of rotatable bonds is 4. The molecule has 260 valence electrons. The van der Waals surface area contributed by atoms with Crippen molar-refractivity contribution in [3.05, 3.63) is 216 Å². The second-order valence-corrected chi connectivity index (χ2v) is 15.9. The normalized spacial score (nSPS) is 13.1. The zero-order valence-electron chi connectivity index (χ0n) is 30.3. The molecular weight excluding hydrogens is 697 g/mol. The Labute approximate surface area is 329 Å². The van der Waals surface area contributed by atoms with E-state index in [1.165, 1.54) is 70.4 Å². The third-order valence-electron chi connectivity index (χ3n) is 11.9. The molecule has 0 aliphatic heterocycles. The summed E-state index contributed by atoms with van der Waals surface area (Å²) in [5.74, 6) is 0.724. The van der Waals surface area contributed by atoms with E-state index in [4.69, 9.17) is 9.97 Å². The van der Waals surface area contributed by atoms with Gasteiger partial charge < -0.3 is 0 Å². The molecule has 2 aromatic heterocycles. The lowest BCUT2D eigenvalue weighted by Gasteiger charge is -2.31. The van der Waals surface area contributed by atoms with Crippen molar-refractivity contribution >= 4 is 32.2 Å². The Balaban J connectivity index is 1.06. The van der Waals surface area contributed by atoms with Crippen LogP contribution in [0.3, 0.4) is 0 Å². The summed E-state index contributed by atoms with van der Waals surface area (Å²) in [6, 6.07) is 70.5. The van der Waals surface area contributed by atoms with Crippen LogP contribution in [0.2, 0.25) is 0 Å². The molecule has 0 fully saturated rings. The van der Waals surface area contributed by atoms with E-state index < -0.39 is 5.41 Å². The monoisotopic (exact) mass is 728 g/mol. The van der Waals surface area contributed by atoms with E-state index in [2.05, 4.69) is 188 Å². The molecule has 0 bridgehead atoms. The van der Waals surface area contributed by atoms with E-state index >= 15 is 0 Å². The largest absolute Gasteiger partial charge is 0.228 e. The Morgan fingerprint density at radius 3 is 1.70 bits per heavy atom. The second kappa shape index (κ2) is 12.0. The maximum Gasteiger partial charge on any atom is 0.161 e. The maximum atomic E-state index is 5.26. The van der Waals surface area contributed by atoms with Gasteiger partial charge in [-0.25, -0.2) is 9.97 Å². The summed E-state index contributed by atoms with van der Waals surface area (Å²) in [5.41, 5.74) is 16.5. The molecule has 0 radical (unpaired) electrons. The average molecular weight is 729 g/mol. The first kappa shape index (κ1) is 31.4. The number of hydrogen-bond acceptors (Lipinski definition) is 3. The van der Waals surface area contributed by atoms with Crippen LogP contribution in [0.1, 0.15) is 21.6 Å². The second-order valence-electron chi connectivity index (χ2n) is 14.8. The molecule has 0 unspecified atom stereocenters. The first-order valence-electron chi connectivity index (χ1n) is 19.2. The molecule has 10 aromatic rings. The molecule has 2 aliphatic rings. The zero-order chi connectivity index (χ0) is 36.8. The van der Waals surface area contributed by atoms with Gasteiger partial charge in [-0.05, 0) is 67.4 Å². The number of fused-ring (bicyclic) bond motifs is 13. The number of benzene rings is 8. The molecule has 56 heavy (non-hydrogen) atoms. The van der Waals surface area contributed by atoms with E-state index in [0.29, 0.717) is 0 Å². The Morgan fingerprint density at radius 1 is 0.393 bits per heavy atom. The standard InChI is InChI=1S/C53H32N2S/c1-2-15-35(16-3-1)46-32-47(55-52(54-46)41-23-12-17-33-14-4-5-18-37(33)41)36-30-28-34(29-31-36)38-22-13-24-43-49-42-21-8-11-27-48(42)56-51(49)53(50(38)43)44-25-9-6-19-39(44)40-20-7-10-26-45(40)53/h1-32H. The van der Waals surface area contributed by atoms with Gasteiger partial charge in [0.25, 0.3) is 0 Å². The molecule has 2 nitrogen and oxygen atoms in total. The van der Waals surface area contributed by atoms with Crippen molar-refractivity contribution in [2.75, 3.05) is 0 Å². The lowest BCUT2D eigenvalue weighted by atomic mass is 9.71. The lowest BCUT2D eigenvalue weighted by molar-refractivity contribution is 0.814. The van der Waals surface area contributed by atoms with Crippen LogP contribution in [0.25, 0.3) is 88.1 Å². The summed E-state index contributed by atoms with van der Waals surface area (Å²) in [5, 5.41) is 3.65. The maximum absolute atomic E-state index is 5.26. The first-order chi connectivity index (χ1) is 27.8. The lowest BCUT2D eigenvalue weighted by Crippen LogP contribution is -2.25. The summed E-state index contributed by atoms with van der Waals surface area (Å²) in [4.78, 5) is 11.8. The van der Waals surface area contributed by atoms with Crippen LogP contribution in [0.15, 0.2) is 194 Å². The smallest absolute Gasteiger partial charge is 0.161 e. The molecule has 0 saturated heterocycles. The third-order valence-corrected chi connectivity index (χ3v) is 13.2. The van der Waals surface area contributed by atoms with Crippen LogP contribution in [-0.4, -0.2) is 9.97 Å². The van der Waals surface area contributed by atoms with Gasteiger partial charge in [-0.15, -0.1) is 11.3 Å². The van der Waals surface area contributed by atoms with Gasteiger partial charge in [0, 0.05) is 37.2 Å². The highest BCUT2D eigenvalue weighted by Gasteiger charge is 2.54. The molecule has 0 N–H and O–H groups in total. The van der Waals surface area contributed by atoms with Crippen molar-refractivity contribution < 1.29 is 0 Å². The van der Waals surface area contributed by atoms with Crippen molar-refractivity contribution in [3.63, 3.8) is 0 Å². The van der Waals surface area contributed by atoms with Crippen LogP contribution < -0.4 is 0 Å². The zero-order valence-corrected chi connectivity index (χ0v) is 31.1. The van der Waals surface area contributed by atoms with Crippen LogP contribution >= 0.6 is 11.3 Å². The first-order valence-corrected chi connectivity index (χ1v) is 20.0. The van der Waals surface area contributed by atoms with Crippen LogP contribution in [0.5, 0.6) is 0 Å². The fourth-order valence-corrected chi connectivity index (χ4v) is 11.0. The van der Waals surface area contributed by atoms with Crippen LogP contribution in [0.4, 0.5) is 0 Å². The number of thiophene rings is 1. The van der Waals surface area contributed by atoms with Crippen molar-refractivity contribution in [1.82, 2.24) is 9.97 Å². The van der Waals surface area contributed by atoms with E-state index in [1.54, 1.807) is 0 Å². The summed E-state index contributed by atoms with van der Waals surface area (Å²) in [6.45, 7) is 0. The third kappa shape index (κ3) is 4.38. The Bertz CT molecular complexity index is 3140. The van der Waals surface area contributed by atoms with Gasteiger partial charge in [0.15, 0.2) is 5.82 Å². The van der Waals surface area contributed by atoms with Crippen molar-refractivity contribution in [2.24, 2.45) is 0 Å². The quantitative estimate of drug-likeness (QED) is 0.180. The summed E-state index contributed by atoms with van der Waals surface area (Å²) >= 11 is 1.96. The number of nitrogens with zero attached hydrogens (tertiary/aromatic N) is 2. The molecule has 1 spiro atoms. The molecule has 12 rings (SSSR count). The van der Waals surface area contributed by atoms with E-state index in [-0.39, 0.29) is 0 Å². The highest BCUT2D eigenvalue weighted by atomic mass is 32.1. The number of aromatic nitrogens is 2. The van der Waals surface area contributed by atoms with E-state index in [1.807, 2.05) is 17.4 Å². The topological polar surface area (TPSA) is 25.8 Å². The minimum Gasteiger partial charge on any atom is -0.228 e. The minimum atomic E-state index is -0.415. The fourth-order valence-electron chi connectivity index (χ4n) is 9.56. The van der Waals surface area contributed by atoms with Crippen LogP contribution in [0, 0.1) is 0 Å². The van der Waals surface area contributed by atoms with Gasteiger partial charge in [0.2, 0.25) is 0 Å². The van der Waals surface area contributed by atoms with Gasteiger partial charge in [-0.1, -0.05) is 182 Å². The molecule has 2 heterocycles. The van der Waals surface area contributed by atoms with Gasteiger partial charge in [-0.3, -0.25) is 0 Å². The minimum absolute atomic E-state index is 0.415. The highest BCUT2D eigenvalue weighted by Crippen LogP contribution is 2.67. The predicted octanol–water partition coefficient (Wildman–Crippen LogP) is 13.9. The highest BCUT2D eigenvalue weighted by molar-refractivity contribution is 7.20. The molecular formula is C53H32N2S. The Kier molecular flexibility index (Phi) is 6.75. The van der Waals surface area contributed by atoms with Crippen molar-refractivity contribution in [2.45, 2.75) is 5.41 Å². The molecule has 0 saturated carbocycles. The van der Waals surface area contributed by atoms with Gasteiger partial charge in [0.05, 0.1) is 16.8 Å². The van der Waals surface area contributed by atoms with Crippen LogP contribution in [-0.2, 0) is 5.41 Å². The number of hydrogen-bond donors (Lipinski definition) is 0. The molecule has 0 atom stereocenters. The van der Waals surface area contributed by atoms with Gasteiger partial charge in [0.1, 0.15) is 0 Å². The SMILES string of the molecule is c1ccc(-c2cc(-c3ccc(-c4cccc5c4C4(c6ccccc6-c6ccccc64)c4sc6ccccc6c4-5)cc3)nc(-c3cccc4ccccc34)n2)cc1. The molecule has 8 aromatic carbocycles. The Morgan fingerprint density at radius 2 is 0.929 bits per heavy atom. The van der Waals surface area contributed by atoms with E-state index in [9.17, 15) is 0 Å². The molecule has 3 heteroatoms. The van der Waals surface area contributed by atoms with E-state index in [0.717, 1.165) is 39.3 Å². The van der Waals surface area contributed by atoms with Gasteiger partial charge >= 0.3 is 0 Å². The fraction of sp³-hybridized carbons (Fsp3) is 0.0189. The van der Waals surface area contributed by atoms with Crippen molar-refractivity contribution in [3.8, 4) is 67.3 Å². The average Bonchev–Trinajstić information content (AvgIpc) is 3.90. The van der Waals surface area contributed by atoms with Gasteiger partial charge in [-0.2, -0.15) is 0 Å².